The fraction of sp³-hybridized carbons (Fsp3) is 0.179. The number of hydrogen-bond acceptors (Lipinski definition) is 4. The fourth-order valence-corrected chi connectivity index (χ4v) is 4.15. The molecule has 0 fully saturated rings. The van der Waals surface area contributed by atoms with Crippen LogP contribution in [-0.4, -0.2) is 15.5 Å². The SMILES string of the molecule is Cc1ncc2n1C(c1ccc(C#N)cc1)CCC2.NC(=O)c1cccc(Oc2ccccc2)c1. The second-order valence-corrected chi connectivity index (χ2v) is 8.12. The van der Waals surface area contributed by atoms with E-state index in [2.05, 4.69) is 34.7 Å². The van der Waals surface area contributed by atoms with Gasteiger partial charge in [-0.25, -0.2) is 4.98 Å². The monoisotopic (exact) mass is 450 g/mol. The summed E-state index contributed by atoms with van der Waals surface area (Å²) >= 11 is 0. The minimum Gasteiger partial charge on any atom is -0.457 e. The largest absolute Gasteiger partial charge is 0.457 e. The molecular weight excluding hydrogens is 424 g/mol. The van der Waals surface area contributed by atoms with Crippen molar-refractivity contribution in [2.45, 2.75) is 32.2 Å². The molecule has 34 heavy (non-hydrogen) atoms. The van der Waals surface area contributed by atoms with Crippen LogP contribution in [0.5, 0.6) is 11.5 Å². The van der Waals surface area contributed by atoms with Gasteiger partial charge in [0.25, 0.3) is 0 Å². The third kappa shape index (κ3) is 5.33. The Morgan fingerprint density at radius 2 is 1.79 bits per heavy atom. The van der Waals surface area contributed by atoms with Crippen molar-refractivity contribution in [1.29, 1.82) is 5.26 Å². The smallest absolute Gasteiger partial charge is 0.248 e. The lowest BCUT2D eigenvalue weighted by Crippen LogP contribution is -2.19. The zero-order chi connectivity index (χ0) is 23.9. The molecule has 170 valence electrons. The molecule has 1 aliphatic heterocycles. The van der Waals surface area contributed by atoms with Gasteiger partial charge < -0.3 is 15.0 Å². The van der Waals surface area contributed by atoms with Gasteiger partial charge in [-0.3, -0.25) is 4.79 Å². The first-order valence-corrected chi connectivity index (χ1v) is 11.2. The van der Waals surface area contributed by atoms with Crippen LogP contribution in [0.2, 0.25) is 0 Å². The van der Waals surface area contributed by atoms with E-state index in [1.807, 2.05) is 48.7 Å². The Morgan fingerprint density at radius 3 is 2.50 bits per heavy atom. The van der Waals surface area contributed by atoms with Gasteiger partial charge in [-0.2, -0.15) is 5.26 Å². The maximum absolute atomic E-state index is 11.0. The van der Waals surface area contributed by atoms with Crippen LogP contribution in [0.25, 0.3) is 0 Å². The second-order valence-electron chi connectivity index (χ2n) is 8.12. The van der Waals surface area contributed by atoms with E-state index in [1.54, 1.807) is 24.3 Å². The number of nitrogens with zero attached hydrogens (tertiary/aromatic N) is 3. The number of aryl methyl sites for hydroxylation is 2. The van der Waals surface area contributed by atoms with Gasteiger partial charge in [0, 0.05) is 17.5 Å². The lowest BCUT2D eigenvalue weighted by molar-refractivity contribution is 0.1000. The fourth-order valence-electron chi connectivity index (χ4n) is 4.15. The van der Waals surface area contributed by atoms with E-state index in [1.165, 1.54) is 17.7 Å². The second kappa shape index (κ2) is 10.5. The number of primary amides is 1. The summed E-state index contributed by atoms with van der Waals surface area (Å²) < 4.78 is 7.90. The molecule has 0 radical (unpaired) electrons. The van der Waals surface area contributed by atoms with E-state index in [0.29, 0.717) is 17.4 Å². The highest BCUT2D eigenvalue weighted by molar-refractivity contribution is 5.93. The third-order valence-corrected chi connectivity index (χ3v) is 5.80. The number of fused-ring (bicyclic) bond motifs is 1. The van der Waals surface area contributed by atoms with E-state index in [-0.39, 0.29) is 0 Å². The Labute approximate surface area is 199 Å². The number of amides is 1. The number of ether oxygens (including phenoxy) is 1. The molecular formula is C28H26N4O2. The van der Waals surface area contributed by atoms with Crippen molar-refractivity contribution in [3.05, 3.63) is 113 Å². The van der Waals surface area contributed by atoms with Crippen molar-refractivity contribution < 1.29 is 9.53 Å². The Kier molecular flexibility index (Phi) is 7.04. The lowest BCUT2D eigenvalue weighted by Gasteiger charge is -2.27. The summed E-state index contributed by atoms with van der Waals surface area (Å²) in [6, 6.07) is 26.6. The van der Waals surface area contributed by atoms with Gasteiger partial charge in [0.2, 0.25) is 5.91 Å². The van der Waals surface area contributed by atoms with Crippen LogP contribution in [-0.2, 0) is 6.42 Å². The number of rotatable bonds is 4. The van der Waals surface area contributed by atoms with E-state index < -0.39 is 5.91 Å². The summed E-state index contributed by atoms with van der Waals surface area (Å²) in [5.41, 5.74) is 8.94. The third-order valence-electron chi connectivity index (χ3n) is 5.80. The topological polar surface area (TPSA) is 93.9 Å². The molecule has 0 aliphatic carbocycles. The number of carbonyl (C=O) groups excluding carboxylic acids is 1. The van der Waals surface area contributed by atoms with E-state index >= 15 is 0 Å². The van der Waals surface area contributed by atoms with Gasteiger partial charge >= 0.3 is 0 Å². The zero-order valence-electron chi connectivity index (χ0n) is 19.0. The lowest BCUT2D eigenvalue weighted by atomic mass is 9.95. The highest BCUT2D eigenvalue weighted by atomic mass is 16.5. The van der Waals surface area contributed by atoms with Crippen LogP contribution in [0.4, 0.5) is 0 Å². The quantitative estimate of drug-likeness (QED) is 0.440. The van der Waals surface area contributed by atoms with Gasteiger partial charge in [-0.05, 0) is 74.2 Å². The molecule has 2 heterocycles. The minimum absolute atomic E-state index is 0.379. The Hall–Kier alpha value is -4.37. The number of nitrogens with two attached hydrogens (primary N) is 1. The summed E-state index contributed by atoms with van der Waals surface area (Å²) in [5.74, 6) is 1.95. The zero-order valence-corrected chi connectivity index (χ0v) is 19.0. The first-order chi connectivity index (χ1) is 16.5. The molecule has 3 aromatic carbocycles. The highest BCUT2D eigenvalue weighted by Crippen LogP contribution is 2.32. The molecule has 2 N–H and O–H groups in total. The van der Waals surface area contributed by atoms with Crippen molar-refractivity contribution in [2.75, 3.05) is 0 Å². The number of nitriles is 1. The van der Waals surface area contributed by atoms with Crippen LogP contribution in [0.3, 0.4) is 0 Å². The predicted molar refractivity (Wildman–Crippen MR) is 131 cm³/mol. The molecule has 6 heteroatoms. The van der Waals surface area contributed by atoms with Crippen LogP contribution >= 0.6 is 0 Å². The molecule has 0 saturated carbocycles. The summed E-state index contributed by atoms with van der Waals surface area (Å²) in [7, 11) is 0. The Bertz CT molecular complexity index is 1300. The van der Waals surface area contributed by atoms with Crippen LogP contribution in [0.15, 0.2) is 85.1 Å². The van der Waals surface area contributed by atoms with Crippen LogP contribution in [0, 0.1) is 18.3 Å². The summed E-state index contributed by atoms with van der Waals surface area (Å²) in [6.45, 7) is 2.06. The number of para-hydroxylation sites is 1. The Morgan fingerprint density at radius 1 is 1.06 bits per heavy atom. The van der Waals surface area contributed by atoms with Crippen LogP contribution in [0.1, 0.15) is 51.9 Å². The van der Waals surface area contributed by atoms with Crippen molar-refractivity contribution >= 4 is 5.91 Å². The molecule has 0 spiro atoms. The Balaban J connectivity index is 0.000000162. The molecule has 6 nitrogen and oxygen atoms in total. The number of hydrogen-bond donors (Lipinski definition) is 1. The number of imidazole rings is 1. The molecule has 1 atom stereocenters. The van der Waals surface area contributed by atoms with Gasteiger partial charge in [-0.1, -0.05) is 36.4 Å². The molecule has 1 aliphatic rings. The average Bonchev–Trinajstić information content (AvgIpc) is 3.26. The number of benzene rings is 3. The molecule has 1 amide bonds. The van der Waals surface area contributed by atoms with E-state index in [9.17, 15) is 4.79 Å². The predicted octanol–water partition coefficient (Wildman–Crippen LogP) is 5.57. The molecule has 5 rings (SSSR count). The molecule has 4 aromatic rings. The van der Waals surface area contributed by atoms with Crippen LogP contribution < -0.4 is 10.5 Å². The van der Waals surface area contributed by atoms with E-state index in [4.69, 9.17) is 15.7 Å². The van der Waals surface area contributed by atoms with Gasteiger partial charge in [0.1, 0.15) is 17.3 Å². The van der Waals surface area contributed by atoms with Gasteiger partial charge in [-0.15, -0.1) is 0 Å². The van der Waals surface area contributed by atoms with E-state index in [0.717, 1.165) is 30.0 Å². The average molecular weight is 451 g/mol. The first kappa shape index (κ1) is 22.8. The summed E-state index contributed by atoms with van der Waals surface area (Å²) in [5, 5.41) is 8.84. The first-order valence-electron chi connectivity index (χ1n) is 11.2. The maximum atomic E-state index is 11.0. The molecule has 0 bridgehead atoms. The van der Waals surface area contributed by atoms with Crippen molar-refractivity contribution in [1.82, 2.24) is 9.55 Å². The van der Waals surface area contributed by atoms with Gasteiger partial charge in [0.15, 0.2) is 0 Å². The maximum Gasteiger partial charge on any atom is 0.248 e. The summed E-state index contributed by atoms with van der Waals surface area (Å²) in [4.78, 5) is 15.4. The van der Waals surface area contributed by atoms with Crippen molar-refractivity contribution in [3.63, 3.8) is 0 Å². The number of carbonyl (C=O) groups is 1. The van der Waals surface area contributed by atoms with Crippen molar-refractivity contribution in [3.8, 4) is 17.6 Å². The molecule has 1 unspecified atom stereocenters. The number of aromatic nitrogens is 2. The minimum atomic E-state index is -0.460. The molecule has 1 aromatic heterocycles. The molecule has 0 saturated heterocycles. The summed E-state index contributed by atoms with van der Waals surface area (Å²) in [6.07, 6.45) is 5.46. The standard InChI is InChI=1S/C15H15N3.C13H11NO2/c1-11-17-10-14-3-2-4-15(18(11)14)13-7-5-12(9-16)6-8-13;14-13(15)10-5-4-8-12(9-10)16-11-6-2-1-3-7-11/h5-8,10,15H,2-4H2,1H3;1-9H,(H2,14,15). The van der Waals surface area contributed by atoms with Crippen molar-refractivity contribution in [2.24, 2.45) is 5.73 Å². The van der Waals surface area contributed by atoms with Gasteiger partial charge in [0.05, 0.1) is 17.7 Å². The highest BCUT2D eigenvalue weighted by Gasteiger charge is 2.22. The normalized spacial score (nSPS) is 14.2.